The van der Waals surface area contributed by atoms with E-state index in [0.29, 0.717) is 12.8 Å². The fraction of sp³-hybridized carbons (Fsp3) is 0.577. The SMILES string of the molecule is CC/C=C\C/C=C\C/C=C\C/C=C\C/C=C\C/C=C\C/C=C\C/C=C\C/C=C\CCCCCCCCCCCCCC(=O)OC(COC(=O)CCCCCCC/C=C\C/C=C\C/C=C\C/C=C\C/C=C\CC)COP(=O)(O)OCCN. The first-order valence-electron chi connectivity index (χ1n) is 31.6. The van der Waals surface area contributed by atoms with Crippen LogP contribution in [0.3, 0.4) is 0 Å². The molecule has 2 atom stereocenters. The molecule has 3 N–H and O–H groups in total. The zero-order valence-electron chi connectivity index (χ0n) is 50.9. The van der Waals surface area contributed by atoms with Crippen LogP contribution in [0.2, 0.25) is 0 Å². The summed E-state index contributed by atoms with van der Waals surface area (Å²) < 4.78 is 33.1. The molecule has 0 aromatic rings. The first kappa shape index (κ1) is 76.4. The molecule has 10 heteroatoms. The number of esters is 2. The Morgan fingerprint density at radius 2 is 0.642 bits per heavy atom. The van der Waals surface area contributed by atoms with Gasteiger partial charge in [0.25, 0.3) is 0 Å². The van der Waals surface area contributed by atoms with Crippen molar-refractivity contribution in [3.05, 3.63) is 170 Å². The summed E-state index contributed by atoms with van der Waals surface area (Å²) in [5.41, 5.74) is 5.39. The highest BCUT2D eigenvalue weighted by atomic mass is 31.2. The summed E-state index contributed by atoms with van der Waals surface area (Å²) >= 11 is 0. The van der Waals surface area contributed by atoms with E-state index >= 15 is 0 Å². The highest BCUT2D eigenvalue weighted by molar-refractivity contribution is 7.47. The quantitative estimate of drug-likeness (QED) is 0.0264. The average Bonchev–Trinajstić information content (AvgIpc) is 3.46. The number of hydrogen-bond acceptors (Lipinski definition) is 8. The molecule has 0 bridgehead atoms. The summed E-state index contributed by atoms with van der Waals surface area (Å²) in [5.74, 6) is -0.864. The van der Waals surface area contributed by atoms with Gasteiger partial charge in [0.05, 0.1) is 13.2 Å². The van der Waals surface area contributed by atoms with E-state index in [1.54, 1.807) is 0 Å². The van der Waals surface area contributed by atoms with Crippen molar-refractivity contribution in [2.45, 2.75) is 238 Å². The maximum absolute atomic E-state index is 12.7. The van der Waals surface area contributed by atoms with E-state index < -0.39 is 32.5 Å². The van der Waals surface area contributed by atoms with E-state index in [0.717, 1.165) is 148 Å². The van der Waals surface area contributed by atoms with Crippen molar-refractivity contribution in [1.82, 2.24) is 0 Å². The lowest BCUT2D eigenvalue weighted by molar-refractivity contribution is -0.161. The van der Waals surface area contributed by atoms with E-state index in [9.17, 15) is 19.0 Å². The zero-order valence-corrected chi connectivity index (χ0v) is 51.8. The Hall–Kier alpha value is -4.63. The molecule has 0 rings (SSSR count). The molecular formula is C71H114NO8P. The number of carbonyl (C=O) groups excluding carboxylic acids is 2. The highest BCUT2D eigenvalue weighted by Gasteiger charge is 2.26. The molecule has 456 valence electrons. The van der Waals surface area contributed by atoms with Crippen LogP contribution < -0.4 is 5.73 Å². The molecule has 0 fully saturated rings. The van der Waals surface area contributed by atoms with Crippen molar-refractivity contribution in [1.29, 1.82) is 0 Å². The summed E-state index contributed by atoms with van der Waals surface area (Å²) in [6.07, 6.45) is 95.6. The van der Waals surface area contributed by atoms with Crippen LogP contribution in [0, 0.1) is 0 Å². The Balaban J connectivity index is 4.00. The summed E-state index contributed by atoms with van der Waals surface area (Å²) in [6.45, 7) is 3.47. The van der Waals surface area contributed by atoms with E-state index in [-0.39, 0.29) is 32.6 Å². The molecule has 2 unspecified atom stereocenters. The normalized spacial score (nSPS) is 14.2. The van der Waals surface area contributed by atoms with Crippen LogP contribution in [-0.2, 0) is 32.7 Å². The third-order valence-electron chi connectivity index (χ3n) is 12.6. The van der Waals surface area contributed by atoms with Crippen LogP contribution in [-0.4, -0.2) is 49.3 Å². The highest BCUT2D eigenvalue weighted by Crippen LogP contribution is 2.43. The molecule has 0 aromatic carbocycles. The van der Waals surface area contributed by atoms with Gasteiger partial charge in [-0.25, -0.2) is 4.57 Å². The fourth-order valence-electron chi connectivity index (χ4n) is 8.01. The van der Waals surface area contributed by atoms with Gasteiger partial charge in [-0.15, -0.1) is 0 Å². The van der Waals surface area contributed by atoms with Crippen molar-refractivity contribution in [2.24, 2.45) is 5.73 Å². The smallest absolute Gasteiger partial charge is 0.462 e. The Kier molecular flexibility index (Phi) is 60.8. The van der Waals surface area contributed by atoms with Gasteiger partial charge in [0.2, 0.25) is 0 Å². The number of phosphoric acid groups is 1. The standard InChI is InChI=1S/C71H114NO8P/c1-3-5-7-9-11-13-15-17-19-21-23-25-26-27-28-29-30-31-32-33-34-35-36-37-38-39-40-41-42-44-46-48-50-52-54-56-58-60-62-64-71(74)80-69(68-79-81(75,76)78-66-65-72)67-77-70(73)63-61-59-57-55-53-51-49-47-45-43-24-22-20-18-16-14-12-10-8-6-4-2/h5-8,11-14,17-20,23-25,27-28,30-31,33-34,36-37,39-40,43,47,49,69H,3-4,9-10,15-16,21-22,26,29,32,35,38,41-42,44-46,48,50-68,72H2,1-2H3,(H,75,76)/b7-5-,8-6-,13-11-,14-12-,19-17-,20-18-,25-23-,28-27-,31-30-,34-33-,37-36-,40-39-,43-24-,49-47-. The first-order chi connectivity index (χ1) is 39.8. The Bertz CT molecular complexity index is 1930. The van der Waals surface area contributed by atoms with Gasteiger partial charge in [-0.3, -0.25) is 18.6 Å². The van der Waals surface area contributed by atoms with Gasteiger partial charge in [0.15, 0.2) is 6.10 Å². The predicted octanol–water partition coefficient (Wildman–Crippen LogP) is 20.6. The van der Waals surface area contributed by atoms with Gasteiger partial charge in [-0.2, -0.15) is 0 Å². The van der Waals surface area contributed by atoms with Crippen LogP contribution in [0.1, 0.15) is 232 Å². The number of unbranched alkanes of at least 4 members (excludes halogenated alkanes) is 16. The number of hydrogen-bond donors (Lipinski definition) is 2. The van der Waals surface area contributed by atoms with E-state index in [1.807, 2.05) is 0 Å². The van der Waals surface area contributed by atoms with E-state index in [4.69, 9.17) is 24.3 Å². The molecule has 0 heterocycles. The molecule has 0 aliphatic heterocycles. The molecule has 0 radical (unpaired) electrons. The number of carbonyl (C=O) groups is 2. The number of allylic oxidation sites excluding steroid dienone is 28. The molecule has 0 aromatic heterocycles. The van der Waals surface area contributed by atoms with Crippen molar-refractivity contribution in [3.8, 4) is 0 Å². The summed E-state index contributed by atoms with van der Waals surface area (Å²) in [4.78, 5) is 35.2. The minimum atomic E-state index is -4.41. The maximum Gasteiger partial charge on any atom is 0.472 e. The Labute approximate surface area is 495 Å². The molecular weight excluding hydrogens is 1030 g/mol. The van der Waals surface area contributed by atoms with Gasteiger partial charge < -0.3 is 20.1 Å². The van der Waals surface area contributed by atoms with Crippen LogP contribution in [0.5, 0.6) is 0 Å². The monoisotopic (exact) mass is 1140 g/mol. The number of nitrogens with two attached hydrogens (primary N) is 1. The lowest BCUT2D eigenvalue weighted by Crippen LogP contribution is -2.29. The zero-order chi connectivity index (χ0) is 58.7. The Morgan fingerprint density at radius 3 is 0.951 bits per heavy atom. The van der Waals surface area contributed by atoms with Crippen LogP contribution >= 0.6 is 7.82 Å². The summed E-state index contributed by atoms with van der Waals surface area (Å²) in [6, 6.07) is 0. The second kappa shape index (κ2) is 64.5. The van der Waals surface area contributed by atoms with Crippen molar-refractivity contribution >= 4 is 19.8 Å². The molecule has 0 spiro atoms. The second-order valence-corrected chi connectivity index (χ2v) is 21.6. The molecule has 0 amide bonds. The predicted molar refractivity (Wildman–Crippen MR) is 348 cm³/mol. The average molecular weight is 1140 g/mol. The van der Waals surface area contributed by atoms with Crippen molar-refractivity contribution in [3.63, 3.8) is 0 Å². The third-order valence-corrected chi connectivity index (χ3v) is 13.6. The van der Waals surface area contributed by atoms with Crippen molar-refractivity contribution in [2.75, 3.05) is 26.4 Å². The van der Waals surface area contributed by atoms with E-state index in [1.165, 1.54) is 44.9 Å². The molecule has 0 saturated heterocycles. The minimum absolute atomic E-state index is 0.0413. The molecule has 81 heavy (non-hydrogen) atoms. The lowest BCUT2D eigenvalue weighted by Gasteiger charge is -2.19. The topological polar surface area (TPSA) is 134 Å². The number of rotatable bonds is 57. The first-order valence-corrected chi connectivity index (χ1v) is 33.1. The second-order valence-electron chi connectivity index (χ2n) is 20.2. The molecule has 0 saturated carbocycles. The lowest BCUT2D eigenvalue weighted by atomic mass is 10.0. The van der Waals surface area contributed by atoms with Gasteiger partial charge in [0, 0.05) is 19.4 Å². The van der Waals surface area contributed by atoms with Crippen LogP contribution in [0.4, 0.5) is 0 Å². The molecule has 0 aliphatic carbocycles. The van der Waals surface area contributed by atoms with Gasteiger partial charge in [-0.05, 0) is 128 Å². The van der Waals surface area contributed by atoms with Crippen LogP contribution in [0.15, 0.2) is 170 Å². The fourth-order valence-corrected chi connectivity index (χ4v) is 8.77. The molecule has 9 nitrogen and oxygen atoms in total. The van der Waals surface area contributed by atoms with Gasteiger partial charge in [-0.1, -0.05) is 261 Å². The minimum Gasteiger partial charge on any atom is -0.462 e. The van der Waals surface area contributed by atoms with Gasteiger partial charge >= 0.3 is 19.8 Å². The van der Waals surface area contributed by atoms with Crippen molar-refractivity contribution < 1.29 is 37.6 Å². The Morgan fingerprint density at radius 1 is 0.370 bits per heavy atom. The maximum atomic E-state index is 12.7. The largest absolute Gasteiger partial charge is 0.472 e. The number of ether oxygens (including phenoxy) is 2. The summed E-state index contributed by atoms with van der Waals surface area (Å²) in [7, 11) is -4.41. The van der Waals surface area contributed by atoms with Gasteiger partial charge in [0.1, 0.15) is 6.61 Å². The number of phosphoric ester groups is 1. The molecule has 0 aliphatic rings. The van der Waals surface area contributed by atoms with E-state index in [2.05, 4.69) is 184 Å². The van der Waals surface area contributed by atoms with Crippen LogP contribution in [0.25, 0.3) is 0 Å². The summed E-state index contributed by atoms with van der Waals surface area (Å²) in [5, 5.41) is 0. The third kappa shape index (κ3) is 64.4.